The Hall–Kier alpha value is -3.07. The molecule has 0 fully saturated rings. The lowest BCUT2D eigenvalue weighted by Gasteiger charge is -2.38. The van der Waals surface area contributed by atoms with E-state index in [0.717, 1.165) is 23.4 Å². The highest BCUT2D eigenvalue weighted by Gasteiger charge is 2.33. The van der Waals surface area contributed by atoms with Gasteiger partial charge in [0.05, 0.1) is 5.56 Å². The van der Waals surface area contributed by atoms with Gasteiger partial charge in [0.25, 0.3) is 5.91 Å². The number of para-hydroxylation sites is 1. The van der Waals surface area contributed by atoms with Crippen molar-refractivity contribution in [1.29, 1.82) is 0 Å². The minimum atomic E-state index is -0.231. The lowest BCUT2D eigenvalue weighted by molar-refractivity contribution is 0.0975. The number of hydrogen-bond donors (Lipinski definition) is 1. The Morgan fingerprint density at radius 2 is 1.62 bits per heavy atom. The van der Waals surface area contributed by atoms with Gasteiger partial charge in [-0.1, -0.05) is 61.0 Å². The van der Waals surface area contributed by atoms with Crippen molar-refractivity contribution in [2.75, 3.05) is 10.2 Å². The molecule has 0 aliphatic carbocycles. The lowest BCUT2D eigenvalue weighted by atomic mass is 10.0. The minimum Gasteiger partial charge on any atom is -0.360 e. The number of hydrogen-bond acceptors (Lipinski definition) is 2. The molecular formula is C23H22N2O. The molecule has 1 N–H and O–H groups in total. The van der Waals surface area contributed by atoms with Crippen LogP contribution in [-0.4, -0.2) is 5.91 Å². The van der Waals surface area contributed by atoms with Crippen molar-refractivity contribution in [3.63, 3.8) is 0 Å². The SMILES string of the molecule is CCc1ccc(N2C(=O)c3ccccc3N[C@H]2c2ccc(C)cc2)cc1. The topological polar surface area (TPSA) is 32.3 Å². The van der Waals surface area contributed by atoms with Crippen LogP contribution in [0.5, 0.6) is 0 Å². The second-order valence-corrected chi connectivity index (χ2v) is 6.70. The van der Waals surface area contributed by atoms with Crippen molar-refractivity contribution in [2.45, 2.75) is 26.4 Å². The number of fused-ring (bicyclic) bond motifs is 1. The molecule has 0 unspecified atom stereocenters. The number of benzene rings is 3. The number of nitrogens with zero attached hydrogens (tertiary/aromatic N) is 1. The second kappa shape index (κ2) is 6.68. The molecule has 0 spiro atoms. The Bertz CT molecular complexity index is 929. The van der Waals surface area contributed by atoms with Crippen LogP contribution in [0.25, 0.3) is 0 Å². The molecule has 0 aromatic heterocycles. The zero-order valence-corrected chi connectivity index (χ0v) is 15.1. The van der Waals surface area contributed by atoms with Gasteiger partial charge in [-0.3, -0.25) is 9.69 Å². The summed E-state index contributed by atoms with van der Waals surface area (Å²) in [5, 5.41) is 3.55. The predicted molar refractivity (Wildman–Crippen MR) is 107 cm³/mol. The van der Waals surface area contributed by atoms with Crippen molar-refractivity contribution in [1.82, 2.24) is 0 Å². The van der Waals surface area contributed by atoms with Gasteiger partial charge in [0.15, 0.2) is 0 Å². The van der Waals surface area contributed by atoms with E-state index in [0.29, 0.717) is 5.56 Å². The van der Waals surface area contributed by atoms with E-state index in [4.69, 9.17) is 0 Å². The first-order valence-corrected chi connectivity index (χ1v) is 9.02. The highest BCUT2D eigenvalue weighted by atomic mass is 16.2. The van der Waals surface area contributed by atoms with E-state index in [2.05, 4.69) is 55.6 Å². The second-order valence-electron chi connectivity index (χ2n) is 6.70. The Balaban J connectivity index is 1.82. The number of rotatable bonds is 3. The number of carbonyl (C=O) groups is 1. The molecule has 1 atom stereocenters. The first-order valence-electron chi connectivity index (χ1n) is 9.02. The monoisotopic (exact) mass is 342 g/mol. The van der Waals surface area contributed by atoms with Gasteiger partial charge in [0, 0.05) is 11.4 Å². The van der Waals surface area contributed by atoms with Gasteiger partial charge in [0.2, 0.25) is 0 Å². The molecule has 3 heteroatoms. The average molecular weight is 342 g/mol. The normalized spacial score (nSPS) is 16.2. The molecule has 4 rings (SSSR count). The van der Waals surface area contributed by atoms with Gasteiger partial charge in [0.1, 0.15) is 6.17 Å². The van der Waals surface area contributed by atoms with Gasteiger partial charge in [-0.25, -0.2) is 0 Å². The van der Waals surface area contributed by atoms with Crippen molar-refractivity contribution in [2.24, 2.45) is 0 Å². The van der Waals surface area contributed by atoms with Crippen molar-refractivity contribution >= 4 is 17.3 Å². The summed E-state index contributed by atoms with van der Waals surface area (Å²) in [6, 6.07) is 24.3. The summed E-state index contributed by atoms with van der Waals surface area (Å²) < 4.78 is 0. The van der Waals surface area contributed by atoms with E-state index in [1.54, 1.807) is 0 Å². The Morgan fingerprint density at radius 3 is 2.31 bits per heavy atom. The molecular weight excluding hydrogens is 320 g/mol. The maximum Gasteiger partial charge on any atom is 0.262 e. The van der Waals surface area contributed by atoms with Gasteiger partial charge in [-0.15, -0.1) is 0 Å². The molecule has 0 saturated carbocycles. The van der Waals surface area contributed by atoms with Crippen molar-refractivity contribution < 1.29 is 4.79 Å². The molecule has 1 heterocycles. The Labute approximate surface area is 154 Å². The third kappa shape index (κ3) is 2.86. The van der Waals surface area contributed by atoms with E-state index in [-0.39, 0.29) is 12.1 Å². The largest absolute Gasteiger partial charge is 0.360 e. The molecule has 0 bridgehead atoms. The molecule has 1 aliphatic rings. The molecule has 26 heavy (non-hydrogen) atoms. The van der Waals surface area contributed by atoms with Crippen LogP contribution >= 0.6 is 0 Å². The number of amides is 1. The van der Waals surface area contributed by atoms with E-state index < -0.39 is 0 Å². The van der Waals surface area contributed by atoms with Crippen LogP contribution in [0.3, 0.4) is 0 Å². The number of anilines is 2. The minimum absolute atomic E-state index is 0.0224. The van der Waals surface area contributed by atoms with Gasteiger partial charge in [-0.2, -0.15) is 0 Å². The quantitative estimate of drug-likeness (QED) is 0.698. The van der Waals surface area contributed by atoms with Crippen LogP contribution in [-0.2, 0) is 6.42 Å². The number of carbonyl (C=O) groups excluding carboxylic acids is 1. The summed E-state index contributed by atoms with van der Waals surface area (Å²) in [5.74, 6) is 0.0224. The first kappa shape index (κ1) is 16.4. The molecule has 3 aromatic carbocycles. The van der Waals surface area contributed by atoms with E-state index in [9.17, 15) is 4.79 Å². The Morgan fingerprint density at radius 1 is 0.923 bits per heavy atom. The van der Waals surface area contributed by atoms with Gasteiger partial charge in [-0.05, 0) is 48.7 Å². The zero-order chi connectivity index (χ0) is 18.1. The summed E-state index contributed by atoms with van der Waals surface area (Å²) in [5.41, 5.74) is 6.02. The van der Waals surface area contributed by atoms with Crippen LogP contribution < -0.4 is 10.2 Å². The molecule has 0 saturated heterocycles. The summed E-state index contributed by atoms with van der Waals surface area (Å²) in [7, 11) is 0. The van der Waals surface area contributed by atoms with Gasteiger partial charge >= 0.3 is 0 Å². The zero-order valence-electron chi connectivity index (χ0n) is 15.1. The smallest absolute Gasteiger partial charge is 0.262 e. The Kier molecular flexibility index (Phi) is 4.21. The molecule has 1 amide bonds. The van der Waals surface area contributed by atoms with Crippen LogP contribution in [0.15, 0.2) is 72.8 Å². The maximum atomic E-state index is 13.3. The standard InChI is InChI=1S/C23H22N2O/c1-3-17-10-14-19(15-11-17)25-22(18-12-8-16(2)9-13-18)24-21-7-5-4-6-20(21)23(25)26/h4-15,22,24H,3H2,1-2H3/t22-/m1/s1. The highest BCUT2D eigenvalue weighted by Crippen LogP contribution is 2.36. The van der Waals surface area contributed by atoms with Crippen LogP contribution in [0.2, 0.25) is 0 Å². The van der Waals surface area contributed by atoms with Gasteiger partial charge < -0.3 is 5.32 Å². The number of nitrogens with one attached hydrogen (secondary N) is 1. The van der Waals surface area contributed by atoms with Crippen LogP contribution in [0, 0.1) is 6.92 Å². The first-order chi connectivity index (χ1) is 12.7. The fourth-order valence-corrected chi connectivity index (χ4v) is 3.39. The average Bonchev–Trinajstić information content (AvgIpc) is 2.69. The van der Waals surface area contributed by atoms with Crippen molar-refractivity contribution in [3.05, 3.63) is 95.1 Å². The third-order valence-corrected chi connectivity index (χ3v) is 4.94. The molecule has 3 aromatic rings. The summed E-state index contributed by atoms with van der Waals surface area (Å²) >= 11 is 0. The third-order valence-electron chi connectivity index (χ3n) is 4.94. The fraction of sp³-hybridized carbons (Fsp3) is 0.174. The number of aryl methyl sites for hydroxylation is 2. The molecule has 3 nitrogen and oxygen atoms in total. The summed E-state index contributed by atoms with van der Waals surface area (Å²) in [6.45, 7) is 4.20. The summed E-state index contributed by atoms with van der Waals surface area (Å²) in [4.78, 5) is 15.2. The predicted octanol–water partition coefficient (Wildman–Crippen LogP) is 5.33. The maximum absolute atomic E-state index is 13.3. The summed E-state index contributed by atoms with van der Waals surface area (Å²) in [6.07, 6.45) is 0.752. The molecule has 0 radical (unpaired) electrons. The fourth-order valence-electron chi connectivity index (χ4n) is 3.39. The van der Waals surface area contributed by atoms with Crippen LogP contribution in [0.1, 0.15) is 40.1 Å². The van der Waals surface area contributed by atoms with E-state index in [1.165, 1.54) is 11.1 Å². The lowest BCUT2D eigenvalue weighted by Crippen LogP contribution is -2.43. The van der Waals surface area contributed by atoms with E-state index in [1.807, 2.05) is 41.3 Å². The molecule has 1 aliphatic heterocycles. The highest BCUT2D eigenvalue weighted by molar-refractivity contribution is 6.12. The van der Waals surface area contributed by atoms with E-state index >= 15 is 0 Å². The van der Waals surface area contributed by atoms with Crippen molar-refractivity contribution in [3.8, 4) is 0 Å². The van der Waals surface area contributed by atoms with Crippen LogP contribution in [0.4, 0.5) is 11.4 Å². The molecule has 130 valence electrons.